The third-order valence-corrected chi connectivity index (χ3v) is 3.36. The normalized spacial score (nSPS) is 11.8. The summed E-state index contributed by atoms with van der Waals surface area (Å²) in [4.78, 5) is 25.5. The van der Waals surface area contributed by atoms with Crippen LogP contribution in [0.3, 0.4) is 0 Å². The van der Waals surface area contributed by atoms with Crippen molar-refractivity contribution in [3.8, 4) is 0 Å². The average Bonchev–Trinajstić information content (AvgIpc) is 2.46. The Morgan fingerprint density at radius 3 is 2.53 bits per heavy atom. The molecule has 0 aliphatic rings. The van der Waals surface area contributed by atoms with Crippen LogP contribution in [0.1, 0.15) is 22.0 Å². The highest BCUT2D eigenvalue weighted by molar-refractivity contribution is 9.09. The van der Waals surface area contributed by atoms with Gasteiger partial charge in [0, 0.05) is 17.6 Å². The van der Waals surface area contributed by atoms with Gasteiger partial charge in [-0.3, -0.25) is 9.59 Å². The van der Waals surface area contributed by atoms with E-state index in [9.17, 15) is 9.59 Å². The summed E-state index contributed by atoms with van der Waals surface area (Å²) in [5.74, 6) is -0.218. The van der Waals surface area contributed by atoms with Gasteiger partial charge in [0.15, 0.2) is 0 Å². The van der Waals surface area contributed by atoms with Crippen molar-refractivity contribution in [3.63, 3.8) is 0 Å². The van der Waals surface area contributed by atoms with Crippen LogP contribution in [-0.2, 0) is 0 Å². The lowest BCUT2D eigenvalue weighted by Crippen LogP contribution is -2.29. The first kappa shape index (κ1) is 13.5. The molecule has 0 radical (unpaired) electrons. The lowest BCUT2D eigenvalue weighted by molar-refractivity contribution is 0.0940. The summed E-state index contributed by atoms with van der Waals surface area (Å²) in [5.41, 5.74) is 1.23. The molecule has 1 amide bonds. The number of hydrogen-bond acceptors (Lipinski definition) is 2. The van der Waals surface area contributed by atoms with Crippen molar-refractivity contribution >= 4 is 21.8 Å². The minimum Gasteiger partial charge on any atom is -0.344 e. The maximum atomic E-state index is 12.0. The van der Waals surface area contributed by atoms with Crippen molar-refractivity contribution in [2.45, 2.75) is 6.04 Å². The lowest BCUT2D eigenvalue weighted by Gasteiger charge is -2.16. The van der Waals surface area contributed by atoms with Gasteiger partial charge in [-0.15, -0.1) is 0 Å². The molecule has 2 aromatic rings. The van der Waals surface area contributed by atoms with Crippen LogP contribution in [0.5, 0.6) is 0 Å². The second-order valence-electron chi connectivity index (χ2n) is 4.03. The Kier molecular flexibility index (Phi) is 4.52. The highest BCUT2D eigenvalue weighted by atomic mass is 79.9. The molecule has 1 unspecified atom stereocenters. The first-order valence-electron chi connectivity index (χ1n) is 5.81. The molecule has 0 saturated carbocycles. The zero-order valence-corrected chi connectivity index (χ0v) is 11.7. The van der Waals surface area contributed by atoms with Crippen LogP contribution in [-0.4, -0.2) is 16.2 Å². The highest BCUT2D eigenvalue weighted by Gasteiger charge is 2.14. The van der Waals surface area contributed by atoms with Crippen LogP contribution in [0.15, 0.2) is 53.5 Å². The molecule has 1 aromatic carbocycles. The number of hydrogen-bond donors (Lipinski definition) is 2. The van der Waals surface area contributed by atoms with Crippen molar-refractivity contribution in [2.75, 3.05) is 5.33 Å². The predicted molar refractivity (Wildman–Crippen MR) is 77.5 cm³/mol. The molecule has 0 bridgehead atoms. The number of carbonyl (C=O) groups excluding carboxylic acids is 1. The SMILES string of the molecule is O=C(NC(CBr)c1ccccc1)c1ccc(=O)[nH]c1. The minimum absolute atomic E-state index is 0.111. The summed E-state index contributed by atoms with van der Waals surface area (Å²) >= 11 is 3.39. The summed E-state index contributed by atoms with van der Waals surface area (Å²) in [6.45, 7) is 0. The van der Waals surface area contributed by atoms with Crippen LogP contribution >= 0.6 is 15.9 Å². The monoisotopic (exact) mass is 320 g/mol. The van der Waals surface area contributed by atoms with Gasteiger partial charge >= 0.3 is 0 Å². The van der Waals surface area contributed by atoms with Gasteiger partial charge in [-0.05, 0) is 11.6 Å². The molecule has 1 heterocycles. The first-order valence-corrected chi connectivity index (χ1v) is 6.93. The Balaban J connectivity index is 2.13. The van der Waals surface area contributed by atoms with Crippen LogP contribution in [0.25, 0.3) is 0 Å². The fraction of sp³-hybridized carbons (Fsp3) is 0.143. The molecule has 0 fully saturated rings. The van der Waals surface area contributed by atoms with Crippen molar-refractivity contribution in [3.05, 3.63) is 70.1 Å². The molecule has 0 saturated heterocycles. The number of H-pyrrole nitrogens is 1. The quantitative estimate of drug-likeness (QED) is 0.849. The number of alkyl halides is 1. The molecule has 1 aromatic heterocycles. The van der Waals surface area contributed by atoms with E-state index in [0.29, 0.717) is 10.9 Å². The fourth-order valence-electron chi connectivity index (χ4n) is 1.69. The van der Waals surface area contributed by atoms with Gasteiger partial charge in [-0.1, -0.05) is 46.3 Å². The second kappa shape index (κ2) is 6.33. The topological polar surface area (TPSA) is 62.0 Å². The van der Waals surface area contributed by atoms with Crippen molar-refractivity contribution in [2.24, 2.45) is 0 Å². The van der Waals surface area contributed by atoms with Gasteiger partial charge in [-0.25, -0.2) is 0 Å². The Labute approximate surface area is 119 Å². The van der Waals surface area contributed by atoms with E-state index in [4.69, 9.17) is 0 Å². The zero-order valence-electron chi connectivity index (χ0n) is 10.1. The number of aromatic nitrogens is 1. The maximum Gasteiger partial charge on any atom is 0.253 e. The number of rotatable bonds is 4. The van der Waals surface area contributed by atoms with E-state index in [1.165, 1.54) is 18.3 Å². The summed E-state index contributed by atoms with van der Waals surface area (Å²) in [6.07, 6.45) is 1.41. The Bertz CT molecular complexity index is 590. The van der Waals surface area contributed by atoms with Crippen LogP contribution in [0.2, 0.25) is 0 Å². The number of amides is 1. The number of pyridine rings is 1. The maximum absolute atomic E-state index is 12.0. The first-order chi connectivity index (χ1) is 9.20. The van der Waals surface area contributed by atoms with Crippen LogP contribution in [0, 0.1) is 0 Å². The molecule has 4 nitrogen and oxygen atoms in total. The lowest BCUT2D eigenvalue weighted by atomic mass is 10.1. The molecule has 98 valence electrons. The Hall–Kier alpha value is -1.88. The predicted octanol–water partition coefficient (Wildman–Crippen LogP) is 2.24. The van der Waals surface area contributed by atoms with Gasteiger partial charge in [-0.2, -0.15) is 0 Å². The van der Waals surface area contributed by atoms with E-state index in [0.717, 1.165) is 5.56 Å². The molecule has 2 N–H and O–H groups in total. The Morgan fingerprint density at radius 2 is 1.95 bits per heavy atom. The molecule has 0 aliphatic heterocycles. The van der Waals surface area contributed by atoms with E-state index in [2.05, 4.69) is 26.2 Å². The van der Waals surface area contributed by atoms with Crippen LogP contribution in [0.4, 0.5) is 0 Å². The standard InChI is InChI=1S/C14H13BrN2O2/c15-8-12(10-4-2-1-3-5-10)17-14(19)11-6-7-13(18)16-9-11/h1-7,9,12H,8H2,(H,16,18)(H,17,19). The molecule has 5 heteroatoms. The van der Waals surface area contributed by atoms with Gasteiger partial charge in [0.1, 0.15) is 0 Å². The number of aromatic amines is 1. The summed E-state index contributed by atoms with van der Waals surface area (Å²) in [7, 11) is 0. The molecule has 0 aliphatic carbocycles. The van der Waals surface area contributed by atoms with Gasteiger partial charge in [0.2, 0.25) is 5.56 Å². The summed E-state index contributed by atoms with van der Waals surface area (Å²) in [6, 6.07) is 12.4. The van der Waals surface area contributed by atoms with E-state index in [1.807, 2.05) is 30.3 Å². The smallest absolute Gasteiger partial charge is 0.253 e. The summed E-state index contributed by atoms with van der Waals surface area (Å²) < 4.78 is 0. The van der Waals surface area contributed by atoms with Gasteiger partial charge in [0.05, 0.1) is 11.6 Å². The highest BCUT2D eigenvalue weighted by Crippen LogP contribution is 2.15. The average molecular weight is 321 g/mol. The van der Waals surface area contributed by atoms with Crippen molar-refractivity contribution in [1.29, 1.82) is 0 Å². The number of nitrogens with one attached hydrogen (secondary N) is 2. The summed E-state index contributed by atoms with van der Waals surface area (Å²) in [5, 5.41) is 3.53. The van der Waals surface area contributed by atoms with Crippen molar-refractivity contribution < 1.29 is 4.79 Å². The van der Waals surface area contributed by atoms with Crippen molar-refractivity contribution in [1.82, 2.24) is 10.3 Å². The van der Waals surface area contributed by atoms with Gasteiger partial charge in [0.25, 0.3) is 5.91 Å². The fourth-order valence-corrected chi connectivity index (χ4v) is 2.23. The number of carbonyl (C=O) groups is 1. The second-order valence-corrected chi connectivity index (χ2v) is 4.68. The number of benzene rings is 1. The minimum atomic E-state index is -0.225. The third-order valence-electron chi connectivity index (χ3n) is 2.71. The third kappa shape index (κ3) is 3.54. The zero-order chi connectivity index (χ0) is 13.7. The molecule has 0 spiro atoms. The molecular weight excluding hydrogens is 308 g/mol. The van der Waals surface area contributed by atoms with E-state index < -0.39 is 0 Å². The van der Waals surface area contributed by atoms with E-state index in [-0.39, 0.29) is 17.5 Å². The number of halogens is 1. The molecule has 1 atom stereocenters. The molecule has 2 rings (SSSR count). The molecule has 19 heavy (non-hydrogen) atoms. The Morgan fingerprint density at radius 1 is 1.21 bits per heavy atom. The largest absolute Gasteiger partial charge is 0.344 e. The molecular formula is C14H13BrN2O2. The van der Waals surface area contributed by atoms with Crippen LogP contribution < -0.4 is 10.9 Å². The van der Waals surface area contributed by atoms with E-state index in [1.54, 1.807) is 0 Å². The van der Waals surface area contributed by atoms with E-state index >= 15 is 0 Å². The van der Waals surface area contributed by atoms with Gasteiger partial charge < -0.3 is 10.3 Å².